The maximum atomic E-state index is 2.59. The van der Waals surface area contributed by atoms with E-state index in [9.17, 15) is 0 Å². The van der Waals surface area contributed by atoms with E-state index in [2.05, 4.69) is 36.5 Å². The Morgan fingerprint density at radius 3 is 2.71 bits per heavy atom. The Kier molecular flexibility index (Phi) is 0.751. The molecule has 0 heteroatoms. The fourth-order valence-corrected chi connectivity index (χ4v) is 5.61. The van der Waals surface area contributed by atoms with Crippen LogP contribution >= 0.6 is 0 Å². The van der Waals surface area contributed by atoms with Crippen LogP contribution in [0, 0.1) is 34.5 Å². The SMILES string of the molecule is C1=CC[C@@]23C=C[C@H]4[C@@H]5[C@H](C=C[C@@H]42)[C@@]53C1. The summed E-state index contributed by atoms with van der Waals surface area (Å²) in [5, 5.41) is 0. The van der Waals surface area contributed by atoms with E-state index >= 15 is 0 Å². The zero-order valence-corrected chi connectivity index (χ0v) is 8.19. The Balaban J connectivity index is 1.89. The third-order valence-electron chi connectivity index (χ3n) is 5.98. The highest BCUT2D eigenvalue weighted by atomic mass is 14.9. The summed E-state index contributed by atoms with van der Waals surface area (Å²) in [4.78, 5) is 0. The second kappa shape index (κ2) is 1.58. The predicted octanol–water partition coefficient (Wildman–Crippen LogP) is 2.94. The molecule has 0 N–H and O–H groups in total. The van der Waals surface area contributed by atoms with Gasteiger partial charge in [-0.3, -0.25) is 0 Å². The van der Waals surface area contributed by atoms with Gasteiger partial charge in [0.25, 0.3) is 0 Å². The fourth-order valence-electron chi connectivity index (χ4n) is 5.61. The van der Waals surface area contributed by atoms with Crippen LogP contribution in [0.15, 0.2) is 36.5 Å². The van der Waals surface area contributed by atoms with Gasteiger partial charge in [-0.2, -0.15) is 0 Å². The molecular weight excluding hydrogens is 168 g/mol. The average Bonchev–Trinajstić information content (AvgIpc) is 2.72. The van der Waals surface area contributed by atoms with E-state index in [0.717, 1.165) is 23.7 Å². The van der Waals surface area contributed by atoms with Crippen LogP contribution in [0.2, 0.25) is 0 Å². The van der Waals surface area contributed by atoms with Gasteiger partial charge in [0.05, 0.1) is 0 Å². The topological polar surface area (TPSA) is 0 Å². The lowest BCUT2D eigenvalue weighted by atomic mass is 9.60. The summed E-state index contributed by atoms with van der Waals surface area (Å²) in [6.45, 7) is 0. The van der Waals surface area contributed by atoms with Crippen LogP contribution in [-0.4, -0.2) is 0 Å². The van der Waals surface area contributed by atoms with Crippen molar-refractivity contribution in [3.05, 3.63) is 36.5 Å². The zero-order valence-electron chi connectivity index (χ0n) is 8.19. The molecule has 0 aromatic heterocycles. The van der Waals surface area contributed by atoms with Gasteiger partial charge in [-0.15, -0.1) is 0 Å². The first-order valence-electron chi connectivity index (χ1n) is 5.93. The van der Waals surface area contributed by atoms with E-state index in [-0.39, 0.29) is 0 Å². The molecule has 14 heavy (non-hydrogen) atoms. The van der Waals surface area contributed by atoms with Gasteiger partial charge in [-0.1, -0.05) is 36.5 Å². The molecule has 0 nitrogen and oxygen atoms in total. The molecule has 2 fully saturated rings. The van der Waals surface area contributed by atoms with Crippen LogP contribution in [0.1, 0.15) is 12.8 Å². The van der Waals surface area contributed by atoms with E-state index in [1.54, 1.807) is 0 Å². The van der Waals surface area contributed by atoms with Gasteiger partial charge in [0, 0.05) is 5.41 Å². The van der Waals surface area contributed by atoms with E-state index in [0.29, 0.717) is 10.8 Å². The van der Waals surface area contributed by atoms with Gasteiger partial charge in [-0.05, 0) is 41.9 Å². The van der Waals surface area contributed by atoms with E-state index in [1.807, 2.05) is 0 Å². The first-order chi connectivity index (χ1) is 6.90. The van der Waals surface area contributed by atoms with Crippen molar-refractivity contribution in [3.63, 3.8) is 0 Å². The van der Waals surface area contributed by atoms with Crippen molar-refractivity contribution in [2.45, 2.75) is 12.8 Å². The lowest BCUT2D eigenvalue weighted by Gasteiger charge is -2.43. The summed E-state index contributed by atoms with van der Waals surface area (Å²) in [5.41, 5.74) is 1.29. The normalized spacial score (nSPS) is 68.6. The van der Waals surface area contributed by atoms with Gasteiger partial charge < -0.3 is 0 Å². The molecule has 2 saturated carbocycles. The molecule has 6 aliphatic rings. The maximum Gasteiger partial charge on any atom is 0.00529 e. The Hall–Kier alpha value is -0.780. The smallest absolute Gasteiger partial charge is 0.00529 e. The summed E-state index contributed by atoms with van der Waals surface area (Å²) >= 11 is 0. The third kappa shape index (κ3) is 0.371. The molecule has 0 saturated heterocycles. The van der Waals surface area contributed by atoms with Crippen LogP contribution < -0.4 is 0 Å². The fraction of sp³-hybridized carbons (Fsp3) is 0.571. The molecule has 6 rings (SSSR count). The molecule has 0 unspecified atom stereocenters. The molecule has 6 bridgehead atoms. The van der Waals surface area contributed by atoms with Gasteiger partial charge >= 0.3 is 0 Å². The Morgan fingerprint density at radius 2 is 1.79 bits per heavy atom. The van der Waals surface area contributed by atoms with Crippen molar-refractivity contribution < 1.29 is 0 Å². The van der Waals surface area contributed by atoms with E-state index < -0.39 is 0 Å². The minimum atomic E-state index is 0.580. The van der Waals surface area contributed by atoms with E-state index in [1.165, 1.54) is 12.8 Å². The number of hydrogen-bond donors (Lipinski definition) is 0. The molecular formula is C14H14. The molecule has 2 spiro atoms. The Bertz CT molecular complexity index is 427. The van der Waals surface area contributed by atoms with Crippen LogP contribution in [0.25, 0.3) is 0 Å². The zero-order chi connectivity index (χ0) is 8.97. The number of hydrogen-bond acceptors (Lipinski definition) is 0. The highest BCUT2D eigenvalue weighted by Gasteiger charge is 2.83. The quantitative estimate of drug-likeness (QED) is 0.505. The first-order valence-corrected chi connectivity index (χ1v) is 5.93. The van der Waals surface area contributed by atoms with Gasteiger partial charge in [-0.25, -0.2) is 0 Å². The third-order valence-corrected chi connectivity index (χ3v) is 5.98. The molecule has 0 heterocycles. The average molecular weight is 182 g/mol. The number of allylic oxidation sites excluding steroid dienone is 6. The minimum absolute atomic E-state index is 0.580. The first kappa shape index (κ1) is 6.66. The van der Waals surface area contributed by atoms with Crippen molar-refractivity contribution in [2.24, 2.45) is 34.5 Å². The minimum Gasteiger partial charge on any atom is -0.0879 e. The standard InChI is InChI=1S/C14H14/c1-2-7-14-11-4-3-10-9(12(11)14)5-8-13(10,14)6-1/h1-5,8-12H,6-7H2/t9-,10+,11+,12-,13-,14+/m1/s1. The van der Waals surface area contributed by atoms with Crippen LogP contribution in [-0.2, 0) is 0 Å². The van der Waals surface area contributed by atoms with Crippen LogP contribution in [0.5, 0.6) is 0 Å². The van der Waals surface area contributed by atoms with Gasteiger partial charge in [0.2, 0.25) is 0 Å². The largest absolute Gasteiger partial charge is 0.0879 e. The monoisotopic (exact) mass is 182 g/mol. The van der Waals surface area contributed by atoms with Crippen molar-refractivity contribution >= 4 is 0 Å². The maximum absolute atomic E-state index is 2.59. The van der Waals surface area contributed by atoms with Crippen LogP contribution in [0.4, 0.5) is 0 Å². The summed E-state index contributed by atoms with van der Waals surface area (Å²) in [7, 11) is 0. The van der Waals surface area contributed by atoms with Crippen molar-refractivity contribution in [3.8, 4) is 0 Å². The molecule has 6 aliphatic carbocycles. The summed E-state index contributed by atoms with van der Waals surface area (Å²) < 4.78 is 0. The molecule has 70 valence electrons. The second-order valence-corrected chi connectivity index (χ2v) is 5.86. The molecule has 0 aromatic rings. The Labute approximate surface area is 84.4 Å². The molecule has 0 radical (unpaired) electrons. The summed E-state index contributed by atoms with van der Waals surface area (Å²) in [5.74, 6) is 3.78. The molecule has 0 amide bonds. The highest BCUT2D eigenvalue weighted by molar-refractivity contribution is 5.49. The lowest BCUT2D eigenvalue weighted by Crippen LogP contribution is -2.37. The number of rotatable bonds is 0. The summed E-state index contributed by atoms with van der Waals surface area (Å²) in [6, 6.07) is 0. The van der Waals surface area contributed by atoms with Crippen molar-refractivity contribution in [2.75, 3.05) is 0 Å². The van der Waals surface area contributed by atoms with Crippen LogP contribution in [0.3, 0.4) is 0 Å². The van der Waals surface area contributed by atoms with E-state index in [4.69, 9.17) is 0 Å². The summed E-state index contributed by atoms with van der Waals surface area (Å²) in [6.07, 6.45) is 17.8. The second-order valence-electron chi connectivity index (χ2n) is 5.86. The van der Waals surface area contributed by atoms with Gasteiger partial charge in [0.1, 0.15) is 0 Å². The molecule has 0 aromatic carbocycles. The molecule has 6 atom stereocenters. The van der Waals surface area contributed by atoms with Crippen molar-refractivity contribution in [1.82, 2.24) is 0 Å². The predicted molar refractivity (Wildman–Crippen MR) is 55.5 cm³/mol. The molecule has 0 aliphatic heterocycles. The van der Waals surface area contributed by atoms with Gasteiger partial charge in [0.15, 0.2) is 0 Å². The Morgan fingerprint density at radius 1 is 0.929 bits per heavy atom. The van der Waals surface area contributed by atoms with Crippen molar-refractivity contribution in [1.29, 1.82) is 0 Å². The lowest BCUT2D eigenvalue weighted by molar-refractivity contribution is 0.151. The highest BCUT2D eigenvalue weighted by Crippen LogP contribution is 2.88.